The molecule has 0 saturated carbocycles. The van der Waals surface area contributed by atoms with Gasteiger partial charge in [-0.15, -0.1) is 0 Å². The van der Waals surface area contributed by atoms with Crippen molar-refractivity contribution in [3.8, 4) is 0 Å². The molecule has 3 aromatic carbocycles. The van der Waals surface area contributed by atoms with Crippen LogP contribution < -0.4 is 9.62 Å². The van der Waals surface area contributed by atoms with E-state index in [1.54, 1.807) is 36.4 Å². The Labute approximate surface area is 236 Å². The quantitative estimate of drug-likeness (QED) is 0.334. The molecule has 0 spiro atoms. The lowest BCUT2D eigenvalue weighted by atomic mass is 10.0. The summed E-state index contributed by atoms with van der Waals surface area (Å²) in [7, 11) is -3.81. The van der Waals surface area contributed by atoms with Crippen molar-refractivity contribution in [3.05, 3.63) is 101 Å². The van der Waals surface area contributed by atoms with Crippen molar-refractivity contribution in [1.29, 1.82) is 0 Å². The van der Waals surface area contributed by atoms with Gasteiger partial charge in [0, 0.05) is 24.0 Å². The molecule has 0 aliphatic rings. The number of carbonyl (C=O) groups excluding carboxylic acids is 2. The summed E-state index contributed by atoms with van der Waals surface area (Å²) >= 11 is 6.24. The first-order valence-electron chi connectivity index (χ1n) is 12.9. The van der Waals surface area contributed by atoms with Crippen molar-refractivity contribution >= 4 is 39.1 Å². The largest absolute Gasteiger partial charge is 0.352 e. The summed E-state index contributed by atoms with van der Waals surface area (Å²) in [6, 6.07) is 22.5. The molecular weight excluding hydrogens is 534 g/mol. The van der Waals surface area contributed by atoms with E-state index in [9.17, 15) is 18.0 Å². The Morgan fingerprint density at radius 1 is 0.949 bits per heavy atom. The van der Waals surface area contributed by atoms with Gasteiger partial charge in [-0.2, -0.15) is 0 Å². The SMILES string of the molecule is CC[C@@H](C)NC(=O)[C@@H](Cc1ccccc1)N(Cc1cccc(Cl)c1)C(=O)CN(c1cccc(C)c1)S(C)(=O)=O. The molecule has 0 aliphatic heterocycles. The number of anilines is 1. The maximum Gasteiger partial charge on any atom is 0.244 e. The molecule has 0 bridgehead atoms. The number of hydrogen-bond acceptors (Lipinski definition) is 4. The molecule has 0 aliphatic carbocycles. The zero-order valence-electron chi connectivity index (χ0n) is 22.8. The molecule has 0 fully saturated rings. The molecule has 2 atom stereocenters. The van der Waals surface area contributed by atoms with Gasteiger partial charge in [-0.25, -0.2) is 8.42 Å². The highest BCUT2D eigenvalue weighted by Gasteiger charge is 2.33. The molecule has 0 aromatic heterocycles. The van der Waals surface area contributed by atoms with Crippen molar-refractivity contribution in [2.24, 2.45) is 0 Å². The molecule has 0 radical (unpaired) electrons. The van der Waals surface area contributed by atoms with E-state index in [0.29, 0.717) is 10.7 Å². The summed E-state index contributed by atoms with van der Waals surface area (Å²) in [5.74, 6) is -0.799. The van der Waals surface area contributed by atoms with Crippen molar-refractivity contribution in [1.82, 2.24) is 10.2 Å². The van der Waals surface area contributed by atoms with Crippen LogP contribution in [-0.2, 0) is 32.6 Å². The van der Waals surface area contributed by atoms with Crippen LogP contribution in [0.15, 0.2) is 78.9 Å². The number of nitrogens with zero attached hydrogens (tertiary/aromatic N) is 2. The second kappa shape index (κ2) is 13.6. The minimum atomic E-state index is -3.81. The van der Waals surface area contributed by atoms with E-state index in [0.717, 1.165) is 33.7 Å². The average molecular weight is 570 g/mol. The predicted molar refractivity (Wildman–Crippen MR) is 157 cm³/mol. The zero-order chi connectivity index (χ0) is 28.6. The molecule has 2 amide bonds. The number of hydrogen-bond donors (Lipinski definition) is 1. The summed E-state index contributed by atoms with van der Waals surface area (Å²) < 4.78 is 26.8. The van der Waals surface area contributed by atoms with Gasteiger partial charge >= 0.3 is 0 Å². The van der Waals surface area contributed by atoms with Crippen LogP contribution in [-0.4, -0.2) is 50.0 Å². The number of benzene rings is 3. The maximum absolute atomic E-state index is 14.0. The Balaban J connectivity index is 2.06. The first kappa shape index (κ1) is 30.2. The van der Waals surface area contributed by atoms with Crippen LogP contribution in [0.4, 0.5) is 5.69 Å². The highest BCUT2D eigenvalue weighted by atomic mass is 35.5. The van der Waals surface area contributed by atoms with Gasteiger partial charge < -0.3 is 10.2 Å². The number of halogens is 1. The van der Waals surface area contributed by atoms with Crippen molar-refractivity contribution in [2.45, 2.75) is 52.2 Å². The minimum absolute atomic E-state index is 0.0796. The predicted octanol–water partition coefficient (Wildman–Crippen LogP) is 4.97. The second-order valence-electron chi connectivity index (χ2n) is 9.78. The van der Waals surface area contributed by atoms with Gasteiger partial charge in [-0.1, -0.05) is 73.1 Å². The normalized spacial score (nSPS) is 12.8. The molecular formula is C30H36ClN3O4S. The van der Waals surface area contributed by atoms with E-state index < -0.39 is 28.5 Å². The van der Waals surface area contributed by atoms with Gasteiger partial charge in [0.15, 0.2) is 0 Å². The van der Waals surface area contributed by atoms with Crippen LogP contribution in [0.3, 0.4) is 0 Å². The lowest BCUT2D eigenvalue weighted by Gasteiger charge is -2.34. The molecule has 9 heteroatoms. The molecule has 39 heavy (non-hydrogen) atoms. The zero-order valence-corrected chi connectivity index (χ0v) is 24.4. The Morgan fingerprint density at radius 2 is 1.62 bits per heavy atom. The first-order chi connectivity index (χ1) is 18.5. The van der Waals surface area contributed by atoms with E-state index >= 15 is 0 Å². The third-order valence-electron chi connectivity index (χ3n) is 6.48. The van der Waals surface area contributed by atoms with Gasteiger partial charge in [0.1, 0.15) is 12.6 Å². The number of aryl methyl sites for hydroxylation is 1. The van der Waals surface area contributed by atoms with Gasteiger partial charge in [-0.3, -0.25) is 13.9 Å². The third kappa shape index (κ3) is 8.83. The van der Waals surface area contributed by atoms with Gasteiger partial charge in [0.25, 0.3) is 0 Å². The fourth-order valence-corrected chi connectivity index (χ4v) is 5.28. The molecule has 3 rings (SSSR count). The first-order valence-corrected chi connectivity index (χ1v) is 15.1. The topological polar surface area (TPSA) is 86.8 Å². The van der Waals surface area contributed by atoms with Crippen LogP contribution in [0.5, 0.6) is 0 Å². The number of nitrogens with one attached hydrogen (secondary N) is 1. The number of amides is 2. The summed E-state index contributed by atoms with van der Waals surface area (Å²) in [5.41, 5.74) is 2.85. The Morgan fingerprint density at radius 3 is 2.23 bits per heavy atom. The Hall–Kier alpha value is -3.36. The van der Waals surface area contributed by atoms with E-state index in [4.69, 9.17) is 11.6 Å². The van der Waals surface area contributed by atoms with Crippen LogP contribution in [0, 0.1) is 6.92 Å². The van der Waals surface area contributed by atoms with Crippen molar-refractivity contribution in [2.75, 3.05) is 17.1 Å². The van der Waals surface area contributed by atoms with E-state index in [-0.39, 0.29) is 24.9 Å². The molecule has 1 N–H and O–H groups in total. The monoisotopic (exact) mass is 569 g/mol. The lowest BCUT2D eigenvalue weighted by molar-refractivity contribution is -0.140. The van der Waals surface area contributed by atoms with E-state index in [2.05, 4.69) is 5.32 Å². The van der Waals surface area contributed by atoms with Crippen molar-refractivity contribution in [3.63, 3.8) is 0 Å². The Bertz CT molecular complexity index is 1380. The minimum Gasteiger partial charge on any atom is -0.352 e. The smallest absolute Gasteiger partial charge is 0.244 e. The molecule has 0 unspecified atom stereocenters. The fraction of sp³-hybridized carbons (Fsp3) is 0.333. The summed E-state index contributed by atoms with van der Waals surface area (Å²) in [4.78, 5) is 29.2. The van der Waals surface area contributed by atoms with E-state index in [1.165, 1.54) is 4.90 Å². The van der Waals surface area contributed by atoms with Gasteiger partial charge in [0.2, 0.25) is 21.8 Å². The maximum atomic E-state index is 14.0. The van der Waals surface area contributed by atoms with Crippen LogP contribution in [0.1, 0.15) is 37.0 Å². The van der Waals surface area contributed by atoms with Gasteiger partial charge in [-0.05, 0) is 61.2 Å². The highest BCUT2D eigenvalue weighted by Crippen LogP contribution is 2.22. The molecule has 0 saturated heterocycles. The second-order valence-corrected chi connectivity index (χ2v) is 12.1. The summed E-state index contributed by atoms with van der Waals surface area (Å²) in [5, 5.41) is 3.52. The number of rotatable bonds is 12. The van der Waals surface area contributed by atoms with Gasteiger partial charge in [0.05, 0.1) is 11.9 Å². The average Bonchev–Trinajstić information content (AvgIpc) is 2.89. The lowest BCUT2D eigenvalue weighted by Crippen LogP contribution is -2.54. The Kier molecular flexibility index (Phi) is 10.5. The fourth-order valence-electron chi connectivity index (χ4n) is 4.22. The standard InChI is InChI=1S/C30H36ClN3O4S/c1-5-23(3)32-30(36)28(19-24-12-7-6-8-13-24)33(20-25-14-10-15-26(31)18-25)29(35)21-34(39(4,37)38)27-16-9-11-22(2)17-27/h6-18,23,28H,5,19-21H2,1-4H3,(H,32,36)/t23-,28-/m1/s1. The number of sulfonamides is 1. The summed E-state index contributed by atoms with van der Waals surface area (Å²) in [6.07, 6.45) is 2.06. The van der Waals surface area contributed by atoms with Crippen LogP contribution >= 0.6 is 11.6 Å². The molecule has 7 nitrogen and oxygen atoms in total. The van der Waals surface area contributed by atoms with E-state index in [1.807, 2.05) is 63.2 Å². The van der Waals surface area contributed by atoms with Crippen LogP contribution in [0.2, 0.25) is 5.02 Å². The molecule has 0 heterocycles. The molecule has 208 valence electrons. The molecule has 3 aromatic rings. The number of carbonyl (C=O) groups is 2. The summed E-state index contributed by atoms with van der Waals surface area (Å²) in [6.45, 7) is 5.36. The third-order valence-corrected chi connectivity index (χ3v) is 7.86. The highest BCUT2D eigenvalue weighted by molar-refractivity contribution is 7.92. The van der Waals surface area contributed by atoms with Crippen molar-refractivity contribution < 1.29 is 18.0 Å². The van der Waals surface area contributed by atoms with Crippen LogP contribution in [0.25, 0.3) is 0 Å².